The molecule has 0 aromatic heterocycles. The highest BCUT2D eigenvalue weighted by Crippen LogP contribution is 2.12. The van der Waals surface area contributed by atoms with E-state index in [9.17, 15) is 0 Å². The second-order valence-electron chi connectivity index (χ2n) is 2.41. The van der Waals surface area contributed by atoms with Gasteiger partial charge in [-0.3, -0.25) is 0 Å². The lowest BCUT2D eigenvalue weighted by Crippen LogP contribution is -2.29. The van der Waals surface area contributed by atoms with Crippen LogP contribution in [0.4, 0.5) is 0 Å². The van der Waals surface area contributed by atoms with Gasteiger partial charge in [0.1, 0.15) is 0 Å². The van der Waals surface area contributed by atoms with Gasteiger partial charge in [-0.2, -0.15) is 0 Å². The van der Waals surface area contributed by atoms with E-state index in [1.165, 1.54) is 0 Å². The first-order valence-corrected chi connectivity index (χ1v) is 3.06. The number of rotatable bonds is 0. The Kier molecular flexibility index (Phi) is 1.86. The molecule has 1 aliphatic heterocycles. The maximum absolute atomic E-state index is 9.10. The first-order valence-electron chi connectivity index (χ1n) is 3.06. The van der Waals surface area contributed by atoms with Gasteiger partial charge in [0, 0.05) is 12.5 Å². The maximum Gasteiger partial charge on any atom is 0.0609 e. The summed E-state index contributed by atoms with van der Waals surface area (Å²) in [6.07, 6.45) is 0.685. The Balaban J connectivity index is 2.28. The molecule has 1 aliphatic rings. The number of aliphatic hydroxyl groups excluding tert-OH is 1. The van der Waals surface area contributed by atoms with Crippen molar-refractivity contribution in [1.29, 1.82) is 0 Å². The second-order valence-corrected chi connectivity index (χ2v) is 2.41. The minimum atomic E-state index is -0.122. The molecule has 1 unspecified atom stereocenters. The van der Waals surface area contributed by atoms with Crippen LogP contribution in [0.5, 0.6) is 0 Å². The van der Waals surface area contributed by atoms with Crippen molar-refractivity contribution >= 4 is 0 Å². The molecule has 48 valence electrons. The Labute approximate surface area is 49.5 Å². The van der Waals surface area contributed by atoms with Gasteiger partial charge >= 0.3 is 0 Å². The van der Waals surface area contributed by atoms with Crippen molar-refractivity contribution in [2.45, 2.75) is 19.4 Å². The van der Waals surface area contributed by atoms with E-state index in [2.05, 4.69) is 0 Å². The molecule has 0 aliphatic carbocycles. The molecule has 1 N–H and O–H groups in total. The van der Waals surface area contributed by atoms with Crippen molar-refractivity contribution in [3.63, 3.8) is 0 Å². The second kappa shape index (κ2) is 2.46. The summed E-state index contributed by atoms with van der Waals surface area (Å²) in [6.45, 7) is 3.45. The molecule has 1 fully saturated rings. The van der Waals surface area contributed by atoms with Crippen LogP contribution in [-0.4, -0.2) is 24.4 Å². The van der Waals surface area contributed by atoms with Gasteiger partial charge in [0.05, 0.1) is 12.7 Å². The SMILES string of the molecule is C[C@H]1COCCC1O. The molecule has 0 amide bonds. The Morgan fingerprint density at radius 2 is 2.38 bits per heavy atom. The quantitative estimate of drug-likeness (QED) is 0.496. The van der Waals surface area contributed by atoms with Crippen molar-refractivity contribution < 1.29 is 9.84 Å². The highest BCUT2D eigenvalue weighted by atomic mass is 16.5. The van der Waals surface area contributed by atoms with Gasteiger partial charge < -0.3 is 9.84 Å². The van der Waals surface area contributed by atoms with Crippen LogP contribution in [0.3, 0.4) is 0 Å². The summed E-state index contributed by atoms with van der Waals surface area (Å²) in [7, 11) is 0. The fraction of sp³-hybridized carbons (Fsp3) is 1.00. The fourth-order valence-electron chi connectivity index (χ4n) is 0.869. The van der Waals surface area contributed by atoms with Gasteiger partial charge in [-0.1, -0.05) is 6.92 Å². The zero-order chi connectivity index (χ0) is 5.98. The molecular formula is C6H12O2. The highest BCUT2D eigenvalue weighted by molar-refractivity contribution is 4.67. The summed E-state index contributed by atoms with van der Waals surface area (Å²) in [5.41, 5.74) is 0. The zero-order valence-corrected chi connectivity index (χ0v) is 5.13. The van der Waals surface area contributed by atoms with Gasteiger partial charge in [-0.05, 0) is 6.42 Å². The van der Waals surface area contributed by atoms with Crippen LogP contribution in [0, 0.1) is 5.92 Å². The predicted octanol–water partition coefficient (Wildman–Crippen LogP) is 0.404. The molecule has 0 saturated carbocycles. The smallest absolute Gasteiger partial charge is 0.0609 e. The summed E-state index contributed by atoms with van der Waals surface area (Å²) in [5, 5.41) is 9.10. The van der Waals surface area contributed by atoms with Gasteiger partial charge in [0.25, 0.3) is 0 Å². The third-order valence-corrected chi connectivity index (χ3v) is 1.60. The number of hydrogen-bond acceptors (Lipinski definition) is 2. The largest absolute Gasteiger partial charge is 0.393 e. The normalized spacial score (nSPS) is 39.8. The van der Waals surface area contributed by atoms with Gasteiger partial charge in [-0.25, -0.2) is 0 Å². The van der Waals surface area contributed by atoms with Crippen LogP contribution in [0.1, 0.15) is 13.3 Å². The van der Waals surface area contributed by atoms with E-state index in [0.29, 0.717) is 5.92 Å². The van der Waals surface area contributed by atoms with E-state index in [0.717, 1.165) is 19.6 Å². The topological polar surface area (TPSA) is 29.5 Å². The molecule has 2 atom stereocenters. The molecule has 0 radical (unpaired) electrons. The Hall–Kier alpha value is -0.0800. The minimum Gasteiger partial charge on any atom is -0.393 e. The zero-order valence-electron chi connectivity index (χ0n) is 5.13. The molecule has 0 aromatic carbocycles. The molecule has 2 heteroatoms. The summed E-state index contributed by atoms with van der Waals surface area (Å²) in [6, 6.07) is 0. The molecule has 8 heavy (non-hydrogen) atoms. The minimum absolute atomic E-state index is 0.122. The molecule has 1 rings (SSSR count). The summed E-state index contributed by atoms with van der Waals surface area (Å²) in [4.78, 5) is 0. The van der Waals surface area contributed by atoms with Gasteiger partial charge in [-0.15, -0.1) is 0 Å². The lowest BCUT2D eigenvalue weighted by molar-refractivity contribution is -0.0282. The molecule has 0 aromatic rings. The maximum atomic E-state index is 9.10. The van der Waals surface area contributed by atoms with Crippen molar-refractivity contribution in [3.8, 4) is 0 Å². The highest BCUT2D eigenvalue weighted by Gasteiger charge is 2.18. The molecule has 1 heterocycles. The van der Waals surface area contributed by atoms with Crippen molar-refractivity contribution in [3.05, 3.63) is 0 Å². The number of ether oxygens (including phenoxy) is 1. The van der Waals surface area contributed by atoms with Crippen LogP contribution in [-0.2, 0) is 4.74 Å². The average Bonchev–Trinajstić information content (AvgIpc) is 1.77. The van der Waals surface area contributed by atoms with Crippen LogP contribution < -0.4 is 0 Å². The lowest BCUT2D eigenvalue weighted by Gasteiger charge is -2.23. The fourth-order valence-corrected chi connectivity index (χ4v) is 0.869. The molecule has 1 saturated heterocycles. The van der Waals surface area contributed by atoms with Crippen molar-refractivity contribution in [2.24, 2.45) is 5.92 Å². The predicted molar refractivity (Wildman–Crippen MR) is 30.6 cm³/mol. The van der Waals surface area contributed by atoms with E-state index in [1.807, 2.05) is 6.92 Å². The van der Waals surface area contributed by atoms with Gasteiger partial charge in [0.15, 0.2) is 0 Å². The lowest BCUT2D eigenvalue weighted by atomic mass is 10.0. The first-order chi connectivity index (χ1) is 3.80. The average molecular weight is 116 g/mol. The molecular weight excluding hydrogens is 104 g/mol. The molecule has 2 nitrogen and oxygen atoms in total. The van der Waals surface area contributed by atoms with Crippen LogP contribution >= 0.6 is 0 Å². The Morgan fingerprint density at radius 1 is 1.62 bits per heavy atom. The summed E-state index contributed by atoms with van der Waals surface area (Å²) in [5.74, 6) is 0.337. The van der Waals surface area contributed by atoms with Crippen LogP contribution in [0.15, 0.2) is 0 Å². The van der Waals surface area contributed by atoms with E-state index in [1.54, 1.807) is 0 Å². The van der Waals surface area contributed by atoms with Gasteiger partial charge in [0.2, 0.25) is 0 Å². The number of aliphatic hydroxyl groups is 1. The van der Waals surface area contributed by atoms with E-state index < -0.39 is 0 Å². The third-order valence-electron chi connectivity index (χ3n) is 1.60. The van der Waals surface area contributed by atoms with Crippen LogP contribution in [0.25, 0.3) is 0 Å². The Bertz CT molecular complexity index is 62.9. The first kappa shape index (κ1) is 6.05. The molecule has 0 spiro atoms. The van der Waals surface area contributed by atoms with E-state index in [4.69, 9.17) is 9.84 Å². The van der Waals surface area contributed by atoms with E-state index >= 15 is 0 Å². The monoisotopic (exact) mass is 116 g/mol. The number of hydrogen-bond donors (Lipinski definition) is 1. The molecule has 0 bridgehead atoms. The summed E-state index contributed by atoms with van der Waals surface area (Å²) >= 11 is 0. The van der Waals surface area contributed by atoms with Crippen molar-refractivity contribution in [1.82, 2.24) is 0 Å². The summed E-state index contributed by atoms with van der Waals surface area (Å²) < 4.78 is 5.09. The standard InChI is InChI=1S/C6H12O2/c1-5-4-8-3-2-6(5)7/h5-7H,2-4H2,1H3/t5-,6?/m0/s1. The van der Waals surface area contributed by atoms with Crippen LogP contribution in [0.2, 0.25) is 0 Å². The third kappa shape index (κ3) is 1.20. The van der Waals surface area contributed by atoms with Crippen molar-refractivity contribution in [2.75, 3.05) is 13.2 Å². The van der Waals surface area contributed by atoms with E-state index in [-0.39, 0.29) is 6.10 Å². The Morgan fingerprint density at radius 3 is 2.75 bits per heavy atom.